The molecule has 2 aliphatic rings. The molecular formula is C13H26N2O3S. The summed E-state index contributed by atoms with van der Waals surface area (Å²) in [5.74, 6) is 1.42. The Labute approximate surface area is 116 Å². The lowest BCUT2D eigenvalue weighted by Crippen LogP contribution is -2.42. The number of methoxy groups -OCH3 is 1. The lowest BCUT2D eigenvalue weighted by atomic mass is 9.98. The van der Waals surface area contributed by atoms with Crippen LogP contribution in [0.2, 0.25) is 0 Å². The first-order valence-corrected chi connectivity index (χ1v) is 8.90. The van der Waals surface area contributed by atoms with Crippen LogP contribution < -0.4 is 5.32 Å². The monoisotopic (exact) mass is 290 g/mol. The first-order valence-electron chi connectivity index (χ1n) is 7.29. The van der Waals surface area contributed by atoms with Crippen LogP contribution in [0.4, 0.5) is 0 Å². The van der Waals surface area contributed by atoms with Gasteiger partial charge in [0.1, 0.15) is 0 Å². The Morgan fingerprint density at radius 3 is 2.42 bits per heavy atom. The Hall–Kier alpha value is -0.170. The Kier molecular flexibility index (Phi) is 5.62. The van der Waals surface area contributed by atoms with Crippen molar-refractivity contribution >= 4 is 10.0 Å². The van der Waals surface area contributed by atoms with Gasteiger partial charge in [0.2, 0.25) is 10.0 Å². The van der Waals surface area contributed by atoms with Gasteiger partial charge in [-0.3, -0.25) is 0 Å². The van der Waals surface area contributed by atoms with Gasteiger partial charge in [-0.15, -0.1) is 0 Å². The van der Waals surface area contributed by atoms with Crippen LogP contribution in [-0.4, -0.2) is 58.4 Å². The van der Waals surface area contributed by atoms with E-state index in [1.54, 1.807) is 11.4 Å². The van der Waals surface area contributed by atoms with Gasteiger partial charge in [0.05, 0.1) is 12.4 Å². The van der Waals surface area contributed by atoms with Gasteiger partial charge in [-0.25, -0.2) is 12.7 Å². The molecule has 1 aliphatic carbocycles. The van der Waals surface area contributed by atoms with Crippen molar-refractivity contribution in [2.24, 2.45) is 11.8 Å². The maximum atomic E-state index is 12.1. The quantitative estimate of drug-likeness (QED) is 0.668. The van der Waals surface area contributed by atoms with Crippen LogP contribution >= 0.6 is 0 Å². The molecule has 0 aromatic carbocycles. The minimum Gasteiger partial charge on any atom is -0.383 e. The maximum absolute atomic E-state index is 12.1. The molecule has 1 heterocycles. The molecule has 0 atom stereocenters. The van der Waals surface area contributed by atoms with Crippen molar-refractivity contribution in [3.63, 3.8) is 0 Å². The van der Waals surface area contributed by atoms with Crippen LogP contribution in [-0.2, 0) is 14.8 Å². The van der Waals surface area contributed by atoms with E-state index in [-0.39, 0.29) is 0 Å². The number of rotatable bonds is 8. The van der Waals surface area contributed by atoms with Gasteiger partial charge in [0.25, 0.3) is 0 Å². The summed E-state index contributed by atoms with van der Waals surface area (Å²) in [6.45, 7) is 3.97. The summed E-state index contributed by atoms with van der Waals surface area (Å²) >= 11 is 0. The van der Waals surface area contributed by atoms with E-state index in [4.69, 9.17) is 4.74 Å². The summed E-state index contributed by atoms with van der Waals surface area (Å²) in [4.78, 5) is 0. The van der Waals surface area contributed by atoms with Gasteiger partial charge in [0, 0.05) is 26.7 Å². The van der Waals surface area contributed by atoms with Gasteiger partial charge < -0.3 is 10.1 Å². The Morgan fingerprint density at radius 2 is 1.84 bits per heavy atom. The fourth-order valence-electron chi connectivity index (χ4n) is 2.56. The molecule has 0 aromatic heterocycles. The molecule has 0 amide bonds. The number of piperidine rings is 1. The molecule has 0 radical (unpaired) electrons. The number of sulfonamides is 1. The highest BCUT2D eigenvalue weighted by Gasteiger charge is 2.33. The first-order chi connectivity index (χ1) is 9.12. The Bertz CT molecular complexity index is 360. The largest absolute Gasteiger partial charge is 0.383 e. The molecule has 1 saturated heterocycles. The van der Waals surface area contributed by atoms with Crippen molar-refractivity contribution in [2.75, 3.05) is 45.6 Å². The van der Waals surface area contributed by atoms with Gasteiger partial charge >= 0.3 is 0 Å². The molecule has 2 fully saturated rings. The van der Waals surface area contributed by atoms with Crippen molar-refractivity contribution in [3.8, 4) is 0 Å². The topological polar surface area (TPSA) is 58.6 Å². The van der Waals surface area contributed by atoms with Crippen molar-refractivity contribution in [1.29, 1.82) is 0 Å². The van der Waals surface area contributed by atoms with E-state index in [9.17, 15) is 8.42 Å². The second kappa shape index (κ2) is 7.02. The highest BCUT2D eigenvalue weighted by molar-refractivity contribution is 7.89. The third-order valence-corrected chi connectivity index (χ3v) is 6.07. The summed E-state index contributed by atoms with van der Waals surface area (Å²) in [6, 6.07) is 0. The van der Waals surface area contributed by atoms with Gasteiger partial charge in [-0.1, -0.05) is 0 Å². The van der Waals surface area contributed by atoms with E-state index in [1.807, 2.05) is 0 Å². The zero-order valence-corrected chi connectivity index (χ0v) is 12.6. The Morgan fingerprint density at radius 1 is 1.16 bits per heavy atom. The predicted octanol–water partition coefficient (Wildman–Crippen LogP) is 0.674. The number of hydrogen-bond acceptors (Lipinski definition) is 4. The van der Waals surface area contributed by atoms with Crippen LogP contribution in [0.3, 0.4) is 0 Å². The standard InChI is InChI=1S/C13H26N2O3S/c1-18-9-6-14-10-12-4-7-15(8-5-12)19(16,17)11-13-2-3-13/h12-14H,2-11H2,1H3. The lowest BCUT2D eigenvalue weighted by molar-refractivity contribution is 0.194. The van der Waals surface area contributed by atoms with Gasteiger partial charge in [-0.05, 0) is 44.1 Å². The highest BCUT2D eigenvalue weighted by atomic mass is 32.2. The predicted molar refractivity (Wildman–Crippen MR) is 75.6 cm³/mol. The maximum Gasteiger partial charge on any atom is 0.214 e. The second-order valence-corrected chi connectivity index (χ2v) is 7.77. The van der Waals surface area contributed by atoms with E-state index in [2.05, 4.69) is 5.32 Å². The molecule has 0 spiro atoms. The summed E-state index contributed by atoms with van der Waals surface area (Å²) < 4.78 is 31.0. The van der Waals surface area contributed by atoms with Crippen molar-refractivity contribution < 1.29 is 13.2 Å². The van der Waals surface area contributed by atoms with Crippen molar-refractivity contribution in [1.82, 2.24) is 9.62 Å². The summed E-state index contributed by atoms with van der Waals surface area (Å²) in [6.07, 6.45) is 4.14. The summed E-state index contributed by atoms with van der Waals surface area (Å²) in [5, 5.41) is 3.36. The van der Waals surface area contributed by atoms with E-state index in [0.29, 0.717) is 30.7 Å². The van der Waals surface area contributed by atoms with Gasteiger partial charge in [0.15, 0.2) is 0 Å². The van der Waals surface area contributed by atoms with Crippen LogP contribution in [0.15, 0.2) is 0 Å². The van der Waals surface area contributed by atoms with Crippen LogP contribution in [0.1, 0.15) is 25.7 Å². The fraction of sp³-hybridized carbons (Fsp3) is 1.00. The molecule has 1 saturated carbocycles. The third-order valence-electron chi connectivity index (χ3n) is 4.03. The molecule has 1 N–H and O–H groups in total. The third kappa shape index (κ3) is 5.02. The lowest BCUT2D eigenvalue weighted by Gasteiger charge is -2.31. The molecule has 0 unspecified atom stereocenters. The SMILES string of the molecule is COCCNCC1CCN(S(=O)(=O)CC2CC2)CC1. The number of hydrogen-bond donors (Lipinski definition) is 1. The molecule has 2 rings (SSSR count). The number of ether oxygens (including phenoxy) is 1. The zero-order chi connectivity index (χ0) is 13.7. The Balaban J connectivity index is 1.66. The normalized spacial score (nSPS) is 22.8. The summed E-state index contributed by atoms with van der Waals surface area (Å²) in [7, 11) is -1.28. The van der Waals surface area contributed by atoms with E-state index < -0.39 is 10.0 Å². The second-order valence-electron chi connectivity index (χ2n) is 5.76. The van der Waals surface area contributed by atoms with E-state index >= 15 is 0 Å². The van der Waals surface area contributed by atoms with E-state index in [1.165, 1.54) is 0 Å². The molecular weight excluding hydrogens is 264 g/mol. The molecule has 5 nitrogen and oxygen atoms in total. The van der Waals surface area contributed by atoms with Crippen molar-refractivity contribution in [3.05, 3.63) is 0 Å². The zero-order valence-electron chi connectivity index (χ0n) is 11.8. The minimum absolute atomic E-state index is 0.379. The van der Waals surface area contributed by atoms with Crippen molar-refractivity contribution in [2.45, 2.75) is 25.7 Å². The molecule has 0 bridgehead atoms. The summed E-state index contributed by atoms with van der Waals surface area (Å²) in [5.41, 5.74) is 0. The van der Waals surface area contributed by atoms with Gasteiger partial charge in [-0.2, -0.15) is 0 Å². The van der Waals surface area contributed by atoms with Crippen LogP contribution in [0, 0.1) is 11.8 Å². The van der Waals surface area contributed by atoms with Crippen LogP contribution in [0.5, 0.6) is 0 Å². The van der Waals surface area contributed by atoms with Crippen LogP contribution in [0.25, 0.3) is 0 Å². The average molecular weight is 290 g/mol. The molecule has 112 valence electrons. The highest BCUT2D eigenvalue weighted by Crippen LogP contribution is 2.32. The molecule has 0 aromatic rings. The first kappa shape index (κ1) is 15.2. The molecule has 1 aliphatic heterocycles. The average Bonchev–Trinajstić information content (AvgIpc) is 3.18. The molecule has 6 heteroatoms. The minimum atomic E-state index is -2.98. The fourth-order valence-corrected chi connectivity index (χ4v) is 4.47. The van der Waals surface area contributed by atoms with E-state index in [0.717, 1.165) is 45.4 Å². The molecule has 19 heavy (non-hydrogen) atoms. The smallest absolute Gasteiger partial charge is 0.214 e. The number of nitrogens with zero attached hydrogens (tertiary/aromatic N) is 1. The number of nitrogens with one attached hydrogen (secondary N) is 1.